The van der Waals surface area contributed by atoms with Gasteiger partial charge in [0.2, 0.25) is 59.1 Å². The number of carbonyl (C=O) groups excluding carboxylic acids is 10. The third kappa shape index (κ3) is 19.1. The molecule has 2 saturated heterocycles. The summed E-state index contributed by atoms with van der Waals surface area (Å²) < 4.78 is 4.63. The van der Waals surface area contributed by atoms with Crippen LogP contribution >= 0.6 is 21.6 Å². The molecule has 3 aliphatic rings. The number of guanidine groups is 1. The molecule has 1 spiro atoms. The highest BCUT2D eigenvalue weighted by Gasteiger charge is 2.42. The van der Waals surface area contributed by atoms with Gasteiger partial charge in [-0.2, -0.15) is 0 Å². The summed E-state index contributed by atoms with van der Waals surface area (Å²) in [6, 6.07) is 6.71. The number of nitrogens with zero attached hydrogens (tertiary/aromatic N) is 2. The molecular formula is C52H75N13O11S2. The summed E-state index contributed by atoms with van der Waals surface area (Å²) in [5, 5.41) is 19.0. The van der Waals surface area contributed by atoms with Crippen molar-refractivity contribution in [2.24, 2.45) is 33.8 Å². The first-order valence-electron chi connectivity index (χ1n) is 26.2. The summed E-state index contributed by atoms with van der Waals surface area (Å²) in [6.45, 7) is 2.98. The largest absolute Gasteiger partial charge is 0.497 e. The molecule has 0 aromatic heterocycles. The lowest BCUT2D eigenvalue weighted by Gasteiger charge is -2.37. The van der Waals surface area contributed by atoms with E-state index in [-0.39, 0.29) is 63.3 Å². The molecule has 10 amide bonds. The second-order valence-corrected chi connectivity index (χ2v) is 22.9. The van der Waals surface area contributed by atoms with Crippen LogP contribution in [0.3, 0.4) is 0 Å². The Hall–Kier alpha value is -7.09. The van der Waals surface area contributed by atoms with Crippen molar-refractivity contribution >= 4 is 86.6 Å². The normalized spacial score (nSPS) is 23.0. The number of hydrogen-bond acceptors (Lipinski definition) is 14. The predicted molar refractivity (Wildman–Crippen MR) is 294 cm³/mol. The van der Waals surface area contributed by atoms with Gasteiger partial charge >= 0.3 is 0 Å². The molecule has 1 saturated carbocycles. The van der Waals surface area contributed by atoms with E-state index in [0.29, 0.717) is 36.1 Å². The third-order valence-electron chi connectivity index (χ3n) is 13.6. The predicted octanol–water partition coefficient (Wildman–Crippen LogP) is -0.945. The molecule has 0 radical (unpaired) electrons. The highest BCUT2D eigenvalue weighted by Crippen LogP contribution is 2.48. The molecule has 15 N–H and O–H groups in total. The summed E-state index contributed by atoms with van der Waals surface area (Å²) in [7, 11) is 4.11. The summed E-state index contributed by atoms with van der Waals surface area (Å²) in [5.41, 5.74) is 23.2. The van der Waals surface area contributed by atoms with E-state index in [4.69, 9.17) is 27.7 Å². The topological polar surface area (TPSA) is 384 Å². The molecular weight excluding hydrogens is 1050 g/mol. The van der Waals surface area contributed by atoms with Crippen LogP contribution in [0.4, 0.5) is 0 Å². The van der Waals surface area contributed by atoms with E-state index in [0.717, 1.165) is 19.3 Å². The summed E-state index contributed by atoms with van der Waals surface area (Å²) in [4.78, 5) is 144. The Morgan fingerprint density at radius 1 is 0.769 bits per heavy atom. The van der Waals surface area contributed by atoms with Gasteiger partial charge in [0, 0.05) is 42.9 Å². The Labute approximate surface area is 461 Å². The van der Waals surface area contributed by atoms with Crippen molar-refractivity contribution in [1.82, 2.24) is 42.1 Å². The van der Waals surface area contributed by atoms with Crippen LogP contribution in [0.1, 0.15) is 95.6 Å². The number of aliphatic imine (C=N–C) groups is 1. The third-order valence-corrected chi connectivity index (χ3v) is 17.0. The number of hydrogen-bond donors (Lipinski definition) is 11. The minimum atomic E-state index is -1.66. The van der Waals surface area contributed by atoms with Gasteiger partial charge in [-0.25, -0.2) is 0 Å². The first kappa shape index (κ1) is 61.8. The average molecular weight is 1120 g/mol. The Morgan fingerprint density at radius 2 is 1.40 bits per heavy atom. The summed E-state index contributed by atoms with van der Waals surface area (Å²) in [5.74, 6) is -7.93. The fourth-order valence-corrected chi connectivity index (χ4v) is 12.9. The number of rotatable bonds is 18. The van der Waals surface area contributed by atoms with Gasteiger partial charge in [-0.15, -0.1) is 0 Å². The quantitative estimate of drug-likeness (QED) is 0.0371. The zero-order chi connectivity index (χ0) is 56.9. The molecule has 2 heterocycles. The van der Waals surface area contributed by atoms with Crippen molar-refractivity contribution in [1.29, 1.82) is 0 Å². The van der Waals surface area contributed by atoms with Gasteiger partial charge in [0.25, 0.3) is 0 Å². The number of benzene rings is 2. The minimum Gasteiger partial charge on any atom is -0.497 e. The van der Waals surface area contributed by atoms with E-state index in [9.17, 15) is 47.9 Å². The number of carbonyl (C=O) groups is 10. The van der Waals surface area contributed by atoms with Crippen LogP contribution in [0.25, 0.3) is 0 Å². The van der Waals surface area contributed by atoms with E-state index in [1.165, 1.54) is 33.6 Å². The molecule has 2 aromatic rings. The van der Waals surface area contributed by atoms with E-state index in [1.54, 1.807) is 68.4 Å². The Balaban J connectivity index is 1.52. The average Bonchev–Trinajstić information content (AvgIpc) is 3.90. The highest BCUT2D eigenvalue weighted by atomic mass is 33.1. The van der Waals surface area contributed by atoms with Gasteiger partial charge in [0.1, 0.15) is 48.0 Å². The van der Waals surface area contributed by atoms with Crippen molar-refractivity contribution in [2.75, 3.05) is 32.5 Å². The van der Waals surface area contributed by atoms with Gasteiger partial charge in [-0.3, -0.25) is 52.9 Å². The highest BCUT2D eigenvalue weighted by molar-refractivity contribution is 8.77. The van der Waals surface area contributed by atoms with Crippen LogP contribution in [0.2, 0.25) is 0 Å². The number of methoxy groups -OCH3 is 1. The van der Waals surface area contributed by atoms with Crippen LogP contribution < -0.4 is 64.9 Å². The maximum atomic E-state index is 14.9. The number of nitrogens with one attached hydrogen (secondary N) is 7. The molecule has 2 aromatic carbocycles. The molecule has 7 atom stereocenters. The standard InChI is InChI=1S/C52H75N13O11S2/c1-30(2)43-49(74)62-37(26-40(53)66)46(71)63-38(50(75)65-23-11-15-39(65)48(73)60-34(14-10-22-57-51(55)56)44(69)58-28-41(54)67)29-77-78-52(20-8-5-9-21-52)27-42(68)59-35(25-32-16-18-33(76-3)19-17-32)45(70)61-36(47(72)64-43)24-31-12-6-4-7-13-31/h4,6-7,12-13,16-19,30,34-39,43H,5,8-11,14-15,20-29H2,1-3H3,(H2,53,66)(H2,54,67)(H,58,69)(H,59,68)(H,60,73)(H,61,70)(H,62,74)(H,63,71)(H,64,72)(H4,55,56,57)/t34-,35?,36?,37-,38?,39-,43-/m0/s1. The van der Waals surface area contributed by atoms with Crippen LogP contribution in [-0.4, -0.2) is 149 Å². The van der Waals surface area contributed by atoms with Crippen molar-refractivity contribution in [3.8, 4) is 5.75 Å². The Morgan fingerprint density at radius 3 is 2.03 bits per heavy atom. The lowest BCUT2D eigenvalue weighted by Crippen LogP contribution is -2.61. The molecule has 3 unspecified atom stereocenters. The SMILES string of the molecule is COc1ccc(CC2NC(=O)CC3(CCCCC3)SSCC(C(=O)N3CCC[C@H]3C(=O)N[C@@H](CCCN=C(N)N)C(=O)NCC(N)=O)NC(=O)[C@H](CC(N)=O)NC(=O)[C@H](C(C)C)NC(=O)C(Cc3ccccc3)NC2=O)cc1. The number of primary amides is 2. The monoisotopic (exact) mass is 1120 g/mol. The molecule has 78 heavy (non-hydrogen) atoms. The second-order valence-electron chi connectivity index (χ2n) is 20.1. The second kappa shape index (κ2) is 30.2. The van der Waals surface area contributed by atoms with E-state index >= 15 is 0 Å². The molecule has 5 rings (SSSR count). The number of ether oxygens (including phenoxy) is 1. The van der Waals surface area contributed by atoms with Gasteiger partial charge < -0.3 is 69.8 Å². The van der Waals surface area contributed by atoms with E-state index in [1.807, 2.05) is 0 Å². The van der Waals surface area contributed by atoms with Gasteiger partial charge in [-0.05, 0) is 67.7 Å². The molecule has 26 heteroatoms. The molecule has 2 aliphatic heterocycles. The van der Waals surface area contributed by atoms with Gasteiger partial charge in [-0.1, -0.05) is 97.2 Å². The number of amides is 10. The summed E-state index contributed by atoms with van der Waals surface area (Å²) in [6.07, 6.45) is 3.75. The fraction of sp³-hybridized carbons (Fsp3) is 0.558. The molecule has 24 nitrogen and oxygen atoms in total. The number of nitrogens with two attached hydrogens (primary N) is 4. The number of likely N-dealkylation sites (tertiary alicyclic amines) is 1. The zero-order valence-corrected chi connectivity index (χ0v) is 46.0. The van der Waals surface area contributed by atoms with Crippen molar-refractivity contribution in [3.63, 3.8) is 0 Å². The van der Waals surface area contributed by atoms with Crippen LogP contribution in [0.15, 0.2) is 59.6 Å². The van der Waals surface area contributed by atoms with Crippen LogP contribution in [0, 0.1) is 5.92 Å². The fourth-order valence-electron chi connectivity index (χ4n) is 9.54. The first-order chi connectivity index (χ1) is 37.2. The van der Waals surface area contributed by atoms with Crippen molar-refractivity contribution in [3.05, 3.63) is 65.7 Å². The lowest BCUT2D eigenvalue weighted by molar-refractivity contribution is -0.142. The first-order valence-corrected chi connectivity index (χ1v) is 28.5. The molecule has 426 valence electrons. The maximum absolute atomic E-state index is 14.9. The Kier molecular flexibility index (Phi) is 23.9. The zero-order valence-electron chi connectivity index (χ0n) is 44.3. The molecule has 3 fully saturated rings. The van der Waals surface area contributed by atoms with E-state index in [2.05, 4.69) is 42.2 Å². The smallest absolute Gasteiger partial charge is 0.246 e. The molecule has 1 aliphatic carbocycles. The van der Waals surface area contributed by atoms with Crippen LogP contribution in [-0.2, 0) is 60.8 Å². The van der Waals surface area contributed by atoms with E-state index < -0.39 is 125 Å². The summed E-state index contributed by atoms with van der Waals surface area (Å²) >= 11 is 0. The lowest BCUT2D eigenvalue weighted by atomic mass is 9.85. The van der Waals surface area contributed by atoms with Crippen molar-refractivity contribution < 1.29 is 52.7 Å². The van der Waals surface area contributed by atoms with Gasteiger partial charge in [0.15, 0.2) is 5.96 Å². The van der Waals surface area contributed by atoms with Crippen LogP contribution in [0.5, 0.6) is 5.75 Å². The Bertz CT molecular complexity index is 2480. The minimum absolute atomic E-state index is 0.0136. The molecule has 0 bridgehead atoms. The van der Waals surface area contributed by atoms with Crippen molar-refractivity contribution in [2.45, 2.75) is 144 Å². The van der Waals surface area contributed by atoms with Gasteiger partial charge in [0.05, 0.1) is 20.1 Å². The maximum Gasteiger partial charge on any atom is 0.246 e.